The lowest BCUT2D eigenvalue weighted by atomic mass is 9.85. The minimum atomic E-state index is -0.410. The fourth-order valence-corrected chi connectivity index (χ4v) is 2.62. The van der Waals surface area contributed by atoms with Gasteiger partial charge in [0.1, 0.15) is 17.2 Å². The predicted molar refractivity (Wildman–Crippen MR) is 72.9 cm³/mol. The summed E-state index contributed by atoms with van der Waals surface area (Å²) < 4.78 is 24.9. The Kier molecular flexibility index (Phi) is 4.11. The van der Waals surface area contributed by atoms with Crippen molar-refractivity contribution >= 4 is 0 Å². The predicted octanol–water partition coefficient (Wildman–Crippen LogP) is 3.05. The topological polar surface area (TPSA) is 30.5 Å². The summed E-state index contributed by atoms with van der Waals surface area (Å²) in [4.78, 5) is 0. The van der Waals surface area contributed by atoms with E-state index in [2.05, 4.69) is 5.32 Å². The highest BCUT2D eigenvalue weighted by molar-refractivity contribution is 5.39. The number of halogens is 1. The maximum absolute atomic E-state index is 13.4. The minimum absolute atomic E-state index is 0.0353. The van der Waals surface area contributed by atoms with Crippen LogP contribution in [0.15, 0.2) is 18.2 Å². The SMILES string of the molecule is CCNC1CC(C)(C(C)OC)Oc2ccc(F)cc21. The molecule has 0 saturated carbocycles. The lowest BCUT2D eigenvalue weighted by Crippen LogP contribution is -2.49. The summed E-state index contributed by atoms with van der Waals surface area (Å²) in [5.74, 6) is 0.513. The molecule has 3 atom stereocenters. The first-order valence-corrected chi connectivity index (χ1v) is 6.75. The summed E-state index contributed by atoms with van der Waals surface area (Å²) >= 11 is 0. The third-order valence-electron chi connectivity index (χ3n) is 3.96. The molecule has 0 radical (unpaired) electrons. The van der Waals surface area contributed by atoms with E-state index in [-0.39, 0.29) is 18.0 Å². The number of ether oxygens (including phenoxy) is 2. The summed E-state index contributed by atoms with van der Waals surface area (Å²) in [6, 6.07) is 4.78. The normalized spacial score (nSPS) is 27.5. The second-order valence-electron chi connectivity index (χ2n) is 5.29. The van der Waals surface area contributed by atoms with Gasteiger partial charge in [0.15, 0.2) is 0 Å². The Morgan fingerprint density at radius 2 is 2.32 bits per heavy atom. The molecule has 4 heteroatoms. The van der Waals surface area contributed by atoms with Gasteiger partial charge in [-0.1, -0.05) is 6.92 Å². The summed E-state index contributed by atoms with van der Waals surface area (Å²) in [7, 11) is 1.68. The van der Waals surface area contributed by atoms with E-state index in [1.54, 1.807) is 19.2 Å². The number of fused-ring (bicyclic) bond motifs is 1. The molecule has 0 aromatic heterocycles. The van der Waals surface area contributed by atoms with Gasteiger partial charge in [0.05, 0.1) is 6.10 Å². The Labute approximate surface area is 114 Å². The van der Waals surface area contributed by atoms with Crippen molar-refractivity contribution < 1.29 is 13.9 Å². The average molecular weight is 267 g/mol. The molecule has 0 saturated heterocycles. The maximum atomic E-state index is 13.4. The highest BCUT2D eigenvalue weighted by atomic mass is 19.1. The van der Waals surface area contributed by atoms with Crippen LogP contribution in [0.2, 0.25) is 0 Å². The second-order valence-corrected chi connectivity index (χ2v) is 5.29. The second kappa shape index (κ2) is 5.47. The van der Waals surface area contributed by atoms with Crippen LogP contribution < -0.4 is 10.1 Å². The van der Waals surface area contributed by atoms with Gasteiger partial charge in [0.2, 0.25) is 0 Å². The van der Waals surface area contributed by atoms with Crippen LogP contribution in [-0.4, -0.2) is 25.4 Å². The Hall–Kier alpha value is -1.13. The first kappa shape index (κ1) is 14.3. The monoisotopic (exact) mass is 267 g/mol. The van der Waals surface area contributed by atoms with Crippen molar-refractivity contribution in [1.82, 2.24) is 5.32 Å². The molecule has 0 fully saturated rings. The van der Waals surface area contributed by atoms with Crippen LogP contribution in [0.25, 0.3) is 0 Å². The van der Waals surface area contributed by atoms with E-state index in [4.69, 9.17) is 9.47 Å². The largest absolute Gasteiger partial charge is 0.484 e. The van der Waals surface area contributed by atoms with Crippen LogP contribution in [0, 0.1) is 5.82 Å². The molecular weight excluding hydrogens is 245 g/mol. The van der Waals surface area contributed by atoms with Gasteiger partial charge in [-0.15, -0.1) is 0 Å². The Morgan fingerprint density at radius 1 is 1.58 bits per heavy atom. The average Bonchev–Trinajstić information content (AvgIpc) is 2.39. The zero-order chi connectivity index (χ0) is 14.0. The molecule has 0 aliphatic carbocycles. The third kappa shape index (κ3) is 2.74. The summed E-state index contributed by atoms with van der Waals surface area (Å²) in [5, 5.41) is 3.40. The van der Waals surface area contributed by atoms with Gasteiger partial charge in [-0.2, -0.15) is 0 Å². The molecule has 3 unspecified atom stereocenters. The number of nitrogens with one attached hydrogen (secondary N) is 1. The summed E-state index contributed by atoms with van der Waals surface area (Å²) in [6.45, 7) is 6.92. The molecule has 2 rings (SSSR count). The van der Waals surface area contributed by atoms with Crippen LogP contribution in [0.4, 0.5) is 4.39 Å². The van der Waals surface area contributed by atoms with Crippen molar-refractivity contribution in [3.8, 4) is 5.75 Å². The quantitative estimate of drug-likeness (QED) is 0.909. The molecule has 0 spiro atoms. The van der Waals surface area contributed by atoms with Gasteiger partial charge in [-0.25, -0.2) is 4.39 Å². The van der Waals surface area contributed by atoms with Crippen LogP contribution in [0.1, 0.15) is 38.8 Å². The van der Waals surface area contributed by atoms with Gasteiger partial charge in [-0.3, -0.25) is 0 Å². The first-order valence-electron chi connectivity index (χ1n) is 6.75. The summed E-state index contributed by atoms with van der Waals surface area (Å²) in [6.07, 6.45) is 0.721. The molecule has 0 amide bonds. The summed E-state index contributed by atoms with van der Waals surface area (Å²) in [5.41, 5.74) is 0.481. The van der Waals surface area contributed by atoms with Gasteiger partial charge in [-0.05, 0) is 38.6 Å². The van der Waals surface area contributed by atoms with Crippen LogP contribution >= 0.6 is 0 Å². The van der Waals surface area contributed by atoms with Crippen molar-refractivity contribution in [3.63, 3.8) is 0 Å². The molecule has 1 N–H and O–H groups in total. The van der Waals surface area contributed by atoms with Gasteiger partial charge < -0.3 is 14.8 Å². The molecule has 1 aliphatic heterocycles. The van der Waals surface area contributed by atoms with Crippen molar-refractivity contribution in [1.29, 1.82) is 0 Å². The van der Waals surface area contributed by atoms with Crippen molar-refractivity contribution in [2.45, 2.75) is 44.9 Å². The molecule has 106 valence electrons. The zero-order valence-corrected chi connectivity index (χ0v) is 12.0. The number of benzene rings is 1. The number of hydrogen-bond acceptors (Lipinski definition) is 3. The maximum Gasteiger partial charge on any atom is 0.134 e. The Morgan fingerprint density at radius 3 is 2.95 bits per heavy atom. The van der Waals surface area contributed by atoms with E-state index < -0.39 is 5.60 Å². The molecule has 0 bridgehead atoms. The van der Waals surface area contributed by atoms with E-state index in [1.165, 1.54) is 6.07 Å². The Bertz CT molecular complexity index is 452. The van der Waals surface area contributed by atoms with E-state index in [0.29, 0.717) is 0 Å². The zero-order valence-electron chi connectivity index (χ0n) is 12.0. The van der Waals surface area contributed by atoms with E-state index >= 15 is 0 Å². The molecule has 1 heterocycles. The fourth-order valence-electron chi connectivity index (χ4n) is 2.62. The molecule has 19 heavy (non-hydrogen) atoms. The van der Waals surface area contributed by atoms with Gasteiger partial charge in [0.25, 0.3) is 0 Å². The lowest BCUT2D eigenvalue weighted by molar-refractivity contribution is -0.0731. The molecule has 1 aromatic carbocycles. The highest BCUT2D eigenvalue weighted by Gasteiger charge is 2.41. The van der Waals surface area contributed by atoms with Crippen LogP contribution in [0.5, 0.6) is 5.75 Å². The van der Waals surface area contributed by atoms with Gasteiger partial charge >= 0.3 is 0 Å². The molecule has 3 nitrogen and oxygen atoms in total. The highest BCUT2D eigenvalue weighted by Crippen LogP contribution is 2.41. The van der Waals surface area contributed by atoms with Gasteiger partial charge in [0, 0.05) is 25.1 Å². The lowest BCUT2D eigenvalue weighted by Gasteiger charge is -2.43. The van der Waals surface area contributed by atoms with Crippen LogP contribution in [-0.2, 0) is 4.74 Å². The minimum Gasteiger partial charge on any atom is -0.484 e. The number of hydrogen-bond donors (Lipinski definition) is 1. The number of methoxy groups -OCH3 is 1. The van der Waals surface area contributed by atoms with E-state index in [0.717, 1.165) is 24.3 Å². The molecule has 1 aromatic rings. The first-order chi connectivity index (χ1) is 9.00. The van der Waals surface area contributed by atoms with E-state index in [1.807, 2.05) is 20.8 Å². The smallest absolute Gasteiger partial charge is 0.134 e. The fraction of sp³-hybridized carbons (Fsp3) is 0.600. The standard InChI is InChI=1S/C15H22FNO2/c1-5-17-13-9-15(3,10(2)18-4)19-14-7-6-11(16)8-12(13)14/h6-8,10,13,17H,5,9H2,1-4H3. The van der Waals surface area contributed by atoms with Crippen molar-refractivity contribution in [3.05, 3.63) is 29.6 Å². The number of rotatable bonds is 4. The molecule has 1 aliphatic rings. The van der Waals surface area contributed by atoms with Crippen molar-refractivity contribution in [2.24, 2.45) is 0 Å². The van der Waals surface area contributed by atoms with Crippen LogP contribution in [0.3, 0.4) is 0 Å². The molecular formula is C15H22FNO2. The Balaban J connectivity index is 2.38. The van der Waals surface area contributed by atoms with E-state index in [9.17, 15) is 4.39 Å². The van der Waals surface area contributed by atoms with Crippen molar-refractivity contribution in [2.75, 3.05) is 13.7 Å². The third-order valence-corrected chi connectivity index (χ3v) is 3.96.